The molecule has 0 radical (unpaired) electrons. The standard InChI is InChI=1S/C18H15N3OS/c1-12(22)21-15-10-6-5-9-14(15)16-17(21)20(18(23)19-16)11-13-7-3-2-4-8-13/h2-10H,11H2,1H3,(H,19,23). The molecule has 4 rings (SSSR count). The largest absolute Gasteiger partial charge is 0.329 e. The molecule has 5 heteroatoms. The SMILES string of the molecule is CC(=O)n1c2ccccc2c2[nH]c(=S)n(Cc3ccccc3)c21. The Hall–Kier alpha value is -2.66. The Labute approximate surface area is 138 Å². The summed E-state index contributed by atoms with van der Waals surface area (Å²) in [7, 11) is 0. The van der Waals surface area contributed by atoms with Gasteiger partial charge in [0.25, 0.3) is 0 Å². The maximum Gasteiger partial charge on any atom is 0.229 e. The molecule has 23 heavy (non-hydrogen) atoms. The van der Waals surface area contributed by atoms with Crippen molar-refractivity contribution < 1.29 is 4.79 Å². The van der Waals surface area contributed by atoms with E-state index in [0.29, 0.717) is 11.3 Å². The van der Waals surface area contributed by atoms with Gasteiger partial charge in [-0.3, -0.25) is 13.9 Å². The van der Waals surface area contributed by atoms with Gasteiger partial charge in [0.15, 0.2) is 4.77 Å². The van der Waals surface area contributed by atoms with Crippen molar-refractivity contribution in [1.82, 2.24) is 14.1 Å². The lowest BCUT2D eigenvalue weighted by molar-refractivity contribution is 0.0945. The molecule has 0 bridgehead atoms. The molecular weight excluding hydrogens is 306 g/mol. The van der Waals surface area contributed by atoms with Crippen molar-refractivity contribution >= 4 is 40.2 Å². The van der Waals surface area contributed by atoms with Crippen molar-refractivity contribution in [2.45, 2.75) is 13.5 Å². The van der Waals surface area contributed by atoms with Crippen LogP contribution in [-0.4, -0.2) is 20.0 Å². The van der Waals surface area contributed by atoms with Gasteiger partial charge in [0.05, 0.1) is 17.6 Å². The highest BCUT2D eigenvalue weighted by Crippen LogP contribution is 2.28. The Balaban J connectivity index is 2.07. The van der Waals surface area contributed by atoms with Gasteiger partial charge in [-0.05, 0) is 23.8 Å². The lowest BCUT2D eigenvalue weighted by atomic mass is 10.2. The van der Waals surface area contributed by atoms with E-state index in [4.69, 9.17) is 12.2 Å². The lowest BCUT2D eigenvalue weighted by Gasteiger charge is -2.07. The van der Waals surface area contributed by atoms with E-state index in [2.05, 4.69) is 17.1 Å². The summed E-state index contributed by atoms with van der Waals surface area (Å²) in [5.74, 6) is -0.0213. The maximum atomic E-state index is 12.3. The van der Waals surface area contributed by atoms with Crippen LogP contribution in [0.3, 0.4) is 0 Å². The van der Waals surface area contributed by atoms with Crippen LogP contribution in [0.2, 0.25) is 0 Å². The quantitative estimate of drug-likeness (QED) is 0.557. The highest BCUT2D eigenvalue weighted by atomic mass is 32.1. The van der Waals surface area contributed by atoms with Crippen LogP contribution in [0.5, 0.6) is 0 Å². The van der Waals surface area contributed by atoms with Crippen LogP contribution in [0.15, 0.2) is 54.6 Å². The number of carbonyl (C=O) groups excluding carboxylic acids is 1. The first-order valence-corrected chi connectivity index (χ1v) is 7.84. The molecule has 2 aromatic carbocycles. The predicted molar refractivity (Wildman–Crippen MR) is 94.5 cm³/mol. The normalized spacial score (nSPS) is 11.3. The summed E-state index contributed by atoms with van der Waals surface area (Å²) in [5.41, 5.74) is 3.78. The Kier molecular flexibility index (Phi) is 3.16. The number of imidazole rings is 1. The van der Waals surface area contributed by atoms with Crippen molar-refractivity contribution in [2.75, 3.05) is 0 Å². The topological polar surface area (TPSA) is 42.7 Å². The van der Waals surface area contributed by atoms with Crippen molar-refractivity contribution in [3.8, 4) is 0 Å². The minimum Gasteiger partial charge on any atom is -0.329 e. The van der Waals surface area contributed by atoms with Gasteiger partial charge in [-0.1, -0.05) is 48.5 Å². The number of carbonyl (C=O) groups is 1. The van der Waals surface area contributed by atoms with Crippen LogP contribution in [0.25, 0.3) is 22.1 Å². The lowest BCUT2D eigenvalue weighted by Crippen LogP contribution is -2.10. The highest BCUT2D eigenvalue weighted by molar-refractivity contribution is 7.71. The molecule has 114 valence electrons. The minimum atomic E-state index is -0.0213. The van der Waals surface area contributed by atoms with Crippen LogP contribution in [0.1, 0.15) is 17.3 Å². The van der Waals surface area contributed by atoms with Crippen molar-refractivity contribution in [3.05, 3.63) is 64.9 Å². The molecule has 0 unspecified atom stereocenters. The van der Waals surface area contributed by atoms with E-state index < -0.39 is 0 Å². The number of aromatic amines is 1. The Morgan fingerprint density at radius 1 is 1.09 bits per heavy atom. The van der Waals surface area contributed by atoms with Gasteiger partial charge < -0.3 is 4.98 Å². The van der Waals surface area contributed by atoms with E-state index in [0.717, 1.165) is 27.6 Å². The highest BCUT2D eigenvalue weighted by Gasteiger charge is 2.18. The van der Waals surface area contributed by atoms with E-state index in [1.54, 1.807) is 11.5 Å². The van der Waals surface area contributed by atoms with Crippen molar-refractivity contribution in [2.24, 2.45) is 0 Å². The van der Waals surface area contributed by atoms with Gasteiger partial charge in [-0.15, -0.1) is 0 Å². The minimum absolute atomic E-state index is 0.0213. The second-order valence-electron chi connectivity index (χ2n) is 5.57. The second-order valence-corrected chi connectivity index (χ2v) is 5.96. The number of nitrogens with zero attached hydrogens (tertiary/aromatic N) is 2. The maximum absolute atomic E-state index is 12.3. The summed E-state index contributed by atoms with van der Waals surface area (Å²) in [6.45, 7) is 2.21. The summed E-state index contributed by atoms with van der Waals surface area (Å²) in [5, 5.41) is 1.01. The molecule has 0 amide bonds. The molecule has 0 aliphatic heterocycles. The third kappa shape index (κ3) is 2.12. The van der Waals surface area contributed by atoms with Gasteiger partial charge in [-0.25, -0.2) is 0 Å². The van der Waals surface area contributed by atoms with E-state index in [9.17, 15) is 4.79 Å². The molecule has 2 aromatic heterocycles. The summed E-state index contributed by atoms with van der Waals surface area (Å²) in [6.07, 6.45) is 0. The molecule has 2 heterocycles. The molecule has 0 fully saturated rings. The first-order valence-electron chi connectivity index (χ1n) is 7.43. The smallest absolute Gasteiger partial charge is 0.229 e. The first-order chi connectivity index (χ1) is 11.2. The van der Waals surface area contributed by atoms with Crippen LogP contribution in [0.4, 0.5) is 0 Å². The van der Waals surface area contributed by atoms with Gasteiger partial charge in [-0.2, -0.15) is 0 Å². The molecule has 0 saturated carbocycles. The fourth-order valence-corrected chi connectivity index (χ4v) is 3.36. The average Bonchev–Trinajstić information content (AvgIpc) is 3.03. The van der Waals surface area contributed by atoms with E-state index >= 15 is 0 Å². The summed E-state index contributed by atoms with van der Waals surface area (Å²) in [6, 6.07) is 18.0. The number of para-hydroxylation sites is 1. The fourth-order valence-electron chi connectivity index (χ4n) is 3.11. The van der Waals surface area contributed by atoms with Gasteiger partial charge >= 0.3 is 0 Å². The summed E-state index contributed by atoms with van der Waals surface area (Å²) < 4.78 is 4.35. The molecule has 0 spiro atoms. The van der Waals surface area contributed by atoms with Crippen molar-refractivity contribution in [3.63, 3.8) is 0 Å². The number of H-pyrrole nitrogens is 1. The predicted octanol–water partition coefficient (Wildman–Crippen LogP) is 4.36. The third-order valence-corrected chi connectivity index (χ3v) is 4.40. The summed E-state index contributed by atoms with van der Waals surface area (Å²) >= 11 is 5.50. The Morgan fingerprint density at radius 3 is 2.52 bits per heavy atom. The zero-order valence-corrected chi connectivity index (χ0v) is 13.4. The number of hydrogen-bond donors (Lipinski definition) is 1. The molecule has 0 atom stereocenters. The number of rotatable bonds is 2. The number of aromatic nitrogens is 3. The molecule has 4 aromatic rings. The average molecular weight is 321 g/mol. The van der Waals surface area contributed by atoms with E-state index in [-0.39, 0.29) is 5.91 Å². The van der Waals surface area contributed by atoms with Crippen molar-refractivity contribution in [1.29, 1.82) is 0 Å². The van der Waals surface area contributed by atoms with E-state index in [1.807, 2.05) is 47.0 Å². The Bertz CT molecular complexity index is 1090. The molecule has 4 nitrogen and oxygen atoms in total. The number of fused-ring (bicyclic) bond motifs is 3. The molecule has 1 N–H and O–H groups in total. The molecule has 0 aliphatic rings. The zero-order valence-electron chi connectivity index (χ0n) is 12.6. The monoisotopic (exact) mass is 321 g/mol. The number of benzene rings is 2. The Morgan fingerprint density at radius 2 is 1.78 bits per heavy atom. The molecular formula is C18H15N3OS. The van der Waals surface area contributed by atoms with Crippen LogP contribution >= 0.6 is 12.2 Å². The van der Waals surface area contributed by atoms with Gasteiger partial charge in [0.2, 0.25) is 5.91 Å². The van der Waals surface area contributed by atoms with E-state index in [1.165, 1.54) is 0 Å². The van der Waals surface area contributed by atoms with Crippen LogP contribution < -0.4 is 0 Å². The molecule has 0 aliphatic carbocycles. The second kappa shape index (κ2) is 5.21. The first kappa shape index (κ1) is 14.0. The third-order valence-electron chi connectivity index (χ3n) is 4.08. The van der Waals surface area contributed by atoms with Crippen LogP contribution in [0, 0.1) is 4.77 Å². The van der Waals surface area contributed by atoms with Crippen LogP contribution in [-0.2, 0) is 6.54 Å². The number of nitrogens with one attached hydrogen (secondary N) is 1. The fraction of sp³-hybridized carbons (Fsp3) is 0.111. The zero-order chi connectivity index (χ0) is 16.0. The van der Waals surface area contributed by atoms with Gasteiger partial charge in [0, 0.05) is 12.3 Å². The summed E-state index contributed by atoms with van der Waals surface area (Å²) in [4.78, 5) is 15.5. The number of hydrogen-bond acceptors (Lipinski definition) is 2. The molecule has 0 saturated heterocycles. The van der Waals surface area contributed by atoms with Gasteiger partial charge in [0.1, 0.15) is 5.65 Å².